The molecule has 2 aromatic rings. The van der Waals surface area contributed by atoms with Crippen molar-refractivity contribution in [3.05, 3.63) is 28.6 Å². The highest BCUT2D eigenvalue weighted by Gasteiger charge is 2.08. The van der Waals surface area contributed by atoms with Crippen LogP contribution in [0.25, 0.3) is 10.9 Å². The average molecular weight is 310 g/mol. The van der Waals surface area contributed by atoms with Crippen LogP contribution in [0.5, 0.6) is 5.75 Å². The number of rotatable bonds is 5. The van der Waals surface area contributed by atoms with Gasteiger partial charge in [0.2, 0.25) is 0 Å². The number of hydrogen-bond acceptors (Lipinski definition) is 4. The zero-order valence-corrected chi connectivity index (χ0v) is 11.9. The molecule has 0 aliphatic rings. The van der Waals surface area contributed by atoms with Gasteiger partial charge in [0.25, 0.3) is 0 Å². The topological polar surface area (TPSA) is 61.0 Å². The normalized spacial score (nSPS) is 10.8. The largest absolute Gasteiger partial charge is 0.491 e. The van der Waals surface area contributed by atoms with Crippen molar-refractivity contribution in [2.24, 2.45) is 5.73 Å². The third-order valence-electron chi connectivity index (χ3n) is 2.72. The summed E-state index contributed by atoms with van der Waals surface area (Å²) in [5, 5.41) is 1.01. The highest BCUT2D eigenvalue weighted by Crippen LogP contribution is 2.29. The van der Waals surface area contributed by atoms with Crippen LogP contribution in [0.1, 0.15) is 18.5 Å². The van der Waals surface area contributed by atoms with E-state index in [1.807, 2.05) is 19.1 Å². The van der Waals surface area contributed by atoms with Crippen LogP contribution in [-0.2, 0) is 0 Å². The molecule has 5 heteroatoms. The summed E-state index contributed by atoms with van der Waals surface area (Å²) in [5.41, 5.74) is 7.27. The van der Waals surface area contributed by atoms with Crippen molar-refractivity contribution in [1.82, 2.24) is 9.97 Å². The number of nitrogens with zero attached hydrogens (tertiary/aromatic N) is 2. The fourth-order valence-corrected chi connectivity index (χ4v) is 2.20. The van der Waals surface area contributed by atoms with Crippen molar-refractivity contribution < 1.29 is 4.74 Å². The van der Waals surface area contributed by atoms with Crippen LogP contribution < -0.4 is 10.5 Å². The summed E-state index contributed by atoms with van der Waals surface area (Å²) in [7, 11) is 0. The lowest BCUT2D eigenvalue weighted by Crippen LogP contribution is -2.04. The number of ether oxygens (including phenoxy) is 1. The van der Waals surface area contributed by atoms with Gasteiger partial charge in [-0.3, -0.25) is 0 Å². The van der Waals surface area contributed by atoms with Crippen LogP contribution in [0.3, 0.4) is 0 Å². The standard InChI is InChI=1S/C13H16BrN3O/c1-9-11-6-10(14)7-12(13(11)17-8-16-9)18-5-3-2-4-15/h6-8H,2-5,15H2,1H3. The molecule has 2 N–H and O–H groups in total. The highest BCUT2D eigenvalue weighted by molar-refractivity contribution is 9.10. The van der Waals surface area contributed by atoms with E-state index in [0.717, 1.165) is 39.7 Å². The summed E-state index contributed by atoms with van der Waals surface area (Å²) in [6.07, 6.45) is 3.49. The molecule has 0 radical (unpaired) electrons. The third kappa shape index (κ3) is 2.97. The van der Waals surface area contributed by atoms with E-state index in [9.17, 15) is 0 Å². The fraction of sp³-hybridized carbons (Fsp3) is 0.385. The van der Waals surface area contributed by atoms with Gasteiger partial charge >= 0.3 is 0 Å². The SMILES string of the molecule is Cc1ncnc2c(OCCCCN)cc(Br)cc12. The molecule has 4 nitrogen and oxygen atoms in total. The number of halogens is 1. The summed E-state index contributed by atoms with van der Waals surface area (Å²) >= 11 is 3.48. The maximum absolute atomic E-state index is 5.78. The lowest BCUT2D eigenvalue weighted by molar-refractivity contribution is 0.310. The number of hydrogen-bond donors (Lipinski definition) is 1. The van der Waals surface area contributed by atoms with E-state index >= 15 is 0 Å². The van der Waals surface area contributed by atoms with Crippen LogP contribution >= 0.6 is 15.9 Å². The minimum atomic E-state index is 0.659. The lowest BCUT2D eigenvalue weighted by Gasteiger charge is -2.10. The van der Waals surface area contributed by atoms with Crippen LogP contribution in [0.4, 0.5) is 0 Å². The van der Waals surface area contributed by atoms with Crippen LogP contribution in [-0.4, -0.2) is 23.1 Å². The Morgan fingerprint density at radius 2 is 2.11 bits per heavy atom. The number of aryl methyl sites for hydroxylation is 1. The molecule has 0 unspecified atom stereocenters. The smallest absolute Gasteiger partial charge is 0.146 e. The van der Waals surface area contributed by atoms with E-state index in [4.69, 9.17) is 10.5 Å². The number of nitrogens with two attached hydrogens (primary N) is 1. The Kier molecular flexibility index (Phi) is 4.49. The van der Waals surface area contributed by atoms with Gasteiger partial charge in [0, 0.05) is 15.6 Å². The Bertz CT molecular complexity index is 545. The monoisotopic (exact) mass is 309 g/mol. The van der Waals surface area contributed by atoms with E-state index in [1.54, 1.807) is 6.33 Å². The second-order valence-corrected chi connectivity index (χ2v) is 5.02. The van der Waals surface area contributed by atoms with Gasteiger partial charge in [-0.15, -0.1) is 0 Å². The van der Waals surface area contributed by atoms with Crippen molar-refractivity contribution in [1.29, 1.82) is 0 Å². The van der Waals surface area contributed by atoms with Gasteiger partial charge in [0.05, 0.1) is 6.61 Å². The van der Waals surface area contributed by atoms with Crippen molar-refractivity contribution in [2.45, 2.75) is 19.8 Å². The molecule has 2 rings (SSSR count). The van der Waals surface area contributed by atoms with Crippen molar-refractivity contribution in [2.75, 3.05) is 13.2 Å². The summed E-state index contributed by atoms with van der Waals surface area (Å²) in [4.78, 5) is 8.50. The van der Waals surface area contributed by atoms with E-state index in [0.29, 0.717) is 13.2 Å². The van der Waals surface area contributed by atoms with Gasteiger partial charge in [-0.05, 0) is 38.4 Å². The second kappa shape index (κ2) is 6.11. The molecule has 0 fully saturated rings. The molecule has 0 spiro atoms. The molecule has 1 aromatic heterocycles. The summed E-state index contributed by atoms with van der Waals surface area (Å²) < 4.78 is 6.76. The van der Waals surface area contributed by atoms with Gasteiger partial charge in [0.1, 0.15) is 17.6 Å². The van der Waals surface area contributed by atoms with Crippen LogP contribution in [0.15, 0.2) is 22.9 Å². The zero-order chi connectivity index (χ0) is 13.0. The Hall–Kier alpha value is -1.20. The molecule has 0 bridgehead atoms. The summed E-state index contributed by atoms with van der Waals surface area (Å²) in [6, 6.07) is 3.95. The molecular formula is C13H16BrN3O. The Balaban J connectivity index is 2.29. The second-order valence-electron chi connectivity index (χ2n) is 4.10. The minimum Gasteiger partial charge on any atom is -0.491 e. The molecule has 1 aromatic carbocycles. The minimum absolute atomic E-state index is 0.659. The highest BCUT2D eigenvalue weighted by atomic mass is 79.9. The fourth-order valence-electron chi connectivity index (χ4n) is 1.76. The van der Waals surface area contributed by atoms with Gasteiger partial charge in [-0.25, -0.2) is 9.97 Å². The first kappa shape index (κ1) is 13.2. The number of benzene rings is 1. The molecule has 18 heavy (non-hydrogen) atoms. The maximum atomic E-state index is 5.78. The van der Waals surface area contributed by atoms with Crippen molar-refractivity contribution >= 4 is 26.8 Å². The first-order chi connectivity index (χ1) is 8.72. The Labute approximate surface area is 115 Å². The molecule has 0 amide bonds. The molecule has 96 valence electrons. The summed E-state index contributed by atoms with van der Waals surface area (Å²) in [5.74, 6) is 0.793. The number of unbranched alkanes of at least 4 members (excludes halogenated alkanes) is 1. The number of aromatic nitrogens is 2. The number of fused-ring (bicyclic) bond motifs is 1. The predicted molar refractivity (Wildman–Crippen MR) is 75.8 cm³/mol. The first-order valence-corrected chi connectivity index (χ1v) is 6.75. The van der Waals surface area contributed by atoms with Gasteiger partial charge in [0.15, 0.2) is 0 Å². The van der Waals surface area contributed by atoms with E-state index in [1.165, 1.54) is 0 Å². The Morgan fingerprint density at radius 3 is 2.89 bits per heavy atom. The Morgan fingerprint density at radius 1 is 1.28 bits per heavy atom. The third-order valence-corrected chi connectivity index (χ3v) is 3.18. The first-order valence-electron chi connectivity index (χ1n) is 5.96. The molecule has 0 aliphatic heterocycles. The van der Waals surface area contributed by atoms with Gasteiger partial charge < -0.3 is 10.5 Å². The predicted octanol–water partition coefficient (Wildman–Crippen LogP) is 2.82. The van der Waals surface area contributed by atoms with Crippen LogP contribution in [0, 0.1) is 6.92 Å². The van der Waals surface area contributed by atoms with E-state index < -0.39 is 0 Å². The molecule has 0 saturated heterocycles. The average Bonchev–Trinajstić information content (AvgIpc) is 2.36. The molecule has 0 saturated carbocycles. The maximum Gasteiger partial charge on any atom is 0.146 e. The molecule has 0 aliphatic carbocycles. The van der Waals surface area contributed by atoms with Crippen molar-refractivity contribution in [3.8, 4) is 5.75 Å². The van der Waals surface area contributed by atoms with Gasteiger partial charge in [-0.2, -0.15) is 0 Å². The lowest BCUT2D eigenvalue weighted by atomic mass is 10.2. The molecule has 1 heterocycles. The quantitative estimate of drug-likeness (QED) is 0.863. The van der Waals surface area contributed by atoms with E-state index in [2.05, 4.69) is 25.9 Å². The van der Waals surface area contributed by atoms with E-state index in [-0.39, 0.29) is 0 Å². The van der Waals surface area contributed by atoms with Gasteiger partial charge in [-0.1, -0.05) is 15.9 Å². The molecular weight excluding hydrogens is 294 g/mol. The molecule has 0 atom stereocenters. The van der Waals surface area contributed by atoms with Crippen molar-refractivity contribution in [3.63, 3.8) is 0 Å². The summed E-state index contributed by atoms with van der Waals surface area (Å²) in [6.45, 7) is 3.32. The van der Waals surface area contributed by atoms with Crippen LogP contribution in [0.2, 0.25) is 0 Å². The zero-order valence-electron chi connectivity index (χ0n) is 10.3.